The van der Waals surface area contributed by atoms with Gasteiger partial charge in [-0.15, -0.1) is 0 Å². The number of anilines is 1. The highest BCUT2D eigenvalue weighted by Crippen LogP contribution is 2.34. The van der Waals surface area contributed by atoms with Crippen LogP contribution in [0.1, 0.15) is 36.1 Å². The van der Waals surface area contributed by atoms with Crippen LogP contribution in [0.2, 0.25) is 0 Å². The molecule has 0 unspecified atom stereocenters. The van der Waals surface area contributed by atoms with Crippen molar-refractivity contribution in [3.05, 3.63) is 71.4 Å². The third kappa shape index (κ3) is 4.51. The molecule has 36 heavy (non-hydrogen) atoms. The molecule has 7 heteroatoms. The summed E-state index contributed by atoms with van der Waals surface area (Å²) in [5, 5.41) is 8.92. The van der Waals surface area contributed by atoms with E-state index < -0.39 is 0 Å². The Balaban J connectivity index is 1.26. The molecule has 1 saturated heterocycles. The summed E-state index contributed by atoms with van der Waals surface area (Å²) in [6.07, 6.45) is 5.47. The molecule has 3 heterocycles. The zero-order valence-corrected chi connectivity index (χ0v) is 21.0. The highest BCUT2D eigenvalue weighted by Gasteiger charge is 2.25. The number of methoxy groups -OCH3 is 2. The highest BCUT2D eigenvalue weighted by molar-refractivity contribution is 5.69. The van der Waals surface area contributed by atoms with E-state index in [2.05, 4.69) is 46.6 Å². The molecule has 7 nitrogen and oxygen atoms in total. The van der Waals surface area contributed by atoms with Crippen molar-refractivity contribution >= 4 is 11.5 Å². The molecule has 4 aromatic rings. The van der Waals surface area contributed by atoms with E-state index in [4.69, 9.17) is 19.6 Å². The molecule has 0 saturated carbocycles. The maximum Gasteiger partial charge on any atom is 0.158 e. The van der Waals surface area contributed by atoms with Gasteiger partial charge in [-0.25, -0.2) is 4.98 Å². The molecule has 1 aliphatic heterocycles. The maximum absolute atomic E-state index is 5.48. The average Bonchev–Trinajstić information content (AvgIpc) is 3.57. The van der Waals surface area contributed by atoms with E-state index in [0.29, 0.717) is 6.04 Å². The fourth-order valence-corrected chi connectivity index (χ4v) is 5.50. The lowest BCUT2D eigenvalue weighted by molar-refractivity contribution is 0.211. The topological polar surface area (TPSA) is 63.9 Å². The minimum Gasteiger partial charge on any atom is -0.497 e. The van der Waals surface area contributed by atoms with Crippen LogP contribution in [0.4, 0.5) is 5.82 Å². The molecule has 2 aromatic carbocycles. The predicted molar refractivity (Wildman–Crippen MR) is 142 cm³/mol. The second-order valence-corrected chi connectivity index (χ2v) is 9.82. The van der Waals surface area contributed by atoms with Gasteiger partial charge in [0.05, 0.1) is 19.9 Å². The number of fused-ring (bicyclic) bond motifs is 2. The van der Waals surface area contributed by atoms with E-state index in [0.717, 1.165) is 86.0 Å². The molecule has 0 spiro atoms. The molecule has 6 rings (SSSR count). The van der Waals surface area contributed by atoms with Gasteiger partial charge in [-0.1, -0.05) is 30.3 Å². The maximum atomic E-state index is 5.48. The third-order valence-electron chi connectivity index (χ3n) is 7.45. The van der Waals surface area contributed by atoms with E-state index in [9.17, 15) is 0 Å². The van der Waals surface area contributed by atoms with Gasteiger partial charge in [0.15, 0.2) is 5.65 Å². The highest BCUT2D eigenvalue weighted by atomic mass is 16.5. The van der Waals surface area contributed by atoms with Crippen molar-refractivity contribution < 1.29 is 9.47 Å². The quantitative estimate of drug-likeness (QED) is 0.400. The zero-order chi connectivity index (χ0) is 24.5. The van der Waals surface area contributed by atoms with Crippen molar-refractivity contribution in [3.8, 4) is 22.8 Å². The van der Waals surface area contributed by atoms with Gasteiger partial charge < -0.3 is 14.8 Å². The monoisotopic (exact) mass is 483 g/mol. The van der Waals surface area contributed by atoms with Crippen molar-refractivity contribution in [3.63, 3.8) is 0 Å². The Morgan fingerprint density at radius 3 is 2.42 bits per heavy atom. The van der Waals surface area contributed by atoms with Gasteiger partial charge in [0.2, 0.25) is 0 Å². The molecule has 0 radical (unpaired) electrons. The zero-order valence-electron chi connectivity index (χ0n) is 21.0. The van der Waals surface area contributed by atoms with E-state index >= 15 is 0 Å². The Bertz CT molecular complexity index is 1340. The number of hydrogen-bond donors (Lipinski definition) is 1. The van der Waals surface area contributed by atoms with Gasteiger partial charge >= 0.3 is 0 Å². The summed E-state index contributed by atoms with van der Waals surface area (Å²) in [5.74, 6) is 2.62. The molecule has 1 fully saturated rings. The van der Waals surface area contributed by atoms with Crippen LogP contribution in [0.15, 0.2) is 54.6 Å². The average molecular weight is 484 g/mol. The molecule has 2 aromatic heterocycles. The van der Waals surface area contributed by atoms with E-state index in [1.807, 2.05) is 22.7 Å². The van der Waals surface area contributed by atoms with Crippen LogP contribution >= 0.6 is 0 Å². The van der Waals surface area contributed by atoms with Crippen LogP contribution in [-0.4, -0.2) is 52.8 Å². The molecule has 0 amide bonds. The van der Waals surface area contributed by atoms with Crippen LogP contribution in [-0.2, 0) is 19.4 Å². The molecule has 2 aliphatic rings. The Kier molecular flexibility index (Phi) is 6.23. The summed E-state index contributed by atoms with van der Waals surface area (Å²) in [6.45, 7) is 3.21. The summed E-state index contributed by atoms with van der Waals surface area (Å²) in [7, 11) is 3.34. The van der Waals surface area contributed by atoms with Crippen LogP contribution < -0.4 is 14.8 Å². The van der Waals surface area contributed by atoms with Crippen LogP contribution in [0.3, 0.4) is 0 Å². The van der Waals surface area contributed by atoms with Crippen molar-refractivity contribution in [2.24, 2.45) is 0 Å². The van der Waals surface area contributed by atoms with E-state index in [-0.39, 0.29) is 0 Å². The standard InChI is InChI=1S/C29H33N5O2/c1-35-23-15-21(16-24(17-23)36-2)27-18-28-31-26-10-6-9-25(26)29(34(28)32-27)30-22-11-13-33(14-12-22)19-20-7-4-3-5-8-20/h3-5,7-8,15-18,22,30H,6,9-14,19H2,1-2H3. The summed E-state index contributed by atoms with van der Waals surface area (Å²) >= 11 is 0. The van der Waals surface area contributed by atoms with E-state index in [1.54, 1.807) is 14.2 Å². The Labute approximate surface area is 212 Å². The van der Waals surface area contributed by atoms with Crippen molar-refractivity contribution in [2.45, 2.75) is 44.7 Å². The summed E-state index contributed by atoms with van der Waals surface area (Å²) in [6, 6.07) is 19.1. The Morgan fingerprint density at radius 2 is 1.69 bits per heavy atom. The summed E-state index contributed by atoms with van der Waals surface area (Å²) < 4.78 is 13.0. The molecule has 0 atom stereocenters. The van der Waals surface area contributed by atoms with Gasteiger partial charge in [0.25, 0.3) is 0 Å². The number of hydrogen-bond acceptors (Lipinski definition) is 6. The number of piperidine rings is 1. The number of likely N-dealkylation sites (tertiary alicyclic amines) is 1. The number of nitrogens with one attached hydrogen (secondary N) is 1. The fourth-order valence-electron chi connectivity index (χ4n) is 5.50. The lowest BCUT2D eigenvalue weighted by atomic mass is 10.0. The lowest BCUT2D eigenvalue weighted by Gasteiger charge is -2.33. The van der Waals surface area contributed by atoms with Crippen LogP contribution in [0.5, 0.6) is 11.5 Å². The second-order valence-electron chi connectivity index (χ2n) is 9.82. The first-order chi connectivity index (χ1) is 17.7. The number of nitrogens with zero attached hydrogens (tertiary/aromatic N) is 4. The normalized spacial score (nSPS) is 16.3. The number of ether oxygens (including phenoxy) is 2. The van der Waals surface area contributed by atoms with Gasteiger partial charge in [0.1, 0.15) is 17.3 Å². The second kappa shape index (κ2) is 9.82. The van der Waals surface area contributed by atoms with Crippen molar-refractivity contribution in [2.75, 3.05) is 32.6 Å². The van der Waals surface area contributed by atoms with Crippen molar-refractivity contribution in [1.29, 1.82) is 0 Å². The third-order valence-corrected chi connectivity index (χ3v) is 7.45. The minimum absolute atomic E-state index is 0.428. The predicted octanol–water partition coefficient (Wildman–Crippen LogP) is 4.98. The summed E-state index contributed by atoms with van der Waals surface area (Å²) in [4.78, 5) is 7.55. The first-order valence-corrected chi connectivity index (χ1v) is 12.9. The van der Waals surface area contributed by atoms with Gasteiger partial charge in [-0.3, -0.25) is 4.90 Å². The smallest absolute Gasteiger partial charge is 0.158 e. The number of aryl methyl sites for hydroxylation is 1. The van der Waals surface area contributed by atoms with Gasteiger partial charge in [-0.05, 0) is 49.8 Å². The molecule has 0 bridgehead atoms. The first-order valence-electron chi connectivity index (χ1n) is 12.9. The Hall–Kier alpha value is -3.58. The van der Waals surface area contributed by atoms with E-state index in [1.165, 1.54) is 16.8 Å². The molecular weight excluding hydrogens is 450 g/mol. The largest absolute Gasteiger partial charge is 0.497 e. The number of rotatable bonds is 7. The number of aromatic nitrogens is 3. The molecule has 186 valence electrons. The molecule has 1 aliphatic carbocycles. The lowest BCUT2D eigenvalue weighted by Crippen LogP contribution is -2.39. The fraction of sp³-hybridized carbons (Fsp3) is 0.379. The number of benzene rings is 2. The molecular formula is C29H33N5O2. The van der Waals surface area contributed by atoms with Gasteiger partial charge in [0, 0.05) is 54.6 Å². The minimum atomic E-state index is 0.428. The van der Waals surface area contributed by atoms with Crippen molar-refractivity contribution in [1.82, 2.24) is 19.5 Å². The van der Waals surface area contributed by atoms with Crippen LogP contribution in [0, 0.1) is 0 Å². The van der Waals surface area contributed by atoms with Gasteiger partial charge in [-0.2, -0.15) is 9.61 Å². The van der Waals surface area contributed by atoms with Crippen LogP contribution in [0.25, 0.3) is 16.9 Å². The Morgan fingerprint density at radius 1 is 0.944 bits per heavy atom. The molecule has 1 N–H and O–H groups in total. The summed E-state index contributed by atoms with van der Waals surface area (Å²) in [5.41, 5.74) is 6.63. The SMILES string of the molecule is COc1cc(OC)cc(-c2cc3nc4c(c(NC5CCN(Cc6ccccc6)CC5)n3n2)CCC4)c1. The first kappa shape index (κ1) is 22.9.